The molecule has 0 aliphatic carbocycles. The predicted octanol–water partition coefficient (Wildman–Crippen LogP) is 3.19. The van der Waals surface area contributed by atoms with Gasteiger partial charge in [-0.15, -0.1) is 11.3 Å². The van der Waals surface area contributed by atoms with Crippen molar-refractivity contribution in [1.82, 2.24) is 10.2 Å². The van der Waals surface area contributed by atoms with Gasteiger partial charge < -0.3 is 10.1 Å². The van der Waals surface area contributed by atoms with E-state index in [1.807, 2.05) is 37.3 Å². The minimum atomic E-state index is -1.01. The van der Waals surface area contributed by atoms with Crippen LogP contribution < -0.4 is 10.1 Å². The largest absolute Gasteiger partial charge is 0.497 e. The van der Waals surface area contributed by atoms with E-state index in [9.17, 15) is 14.4 Å². The maximum absolute atomic E-state index is 12.8. The van der Waals surface area contributed by atoms with E-state index < -0.39 is 11.6 Å². The number of ether oxygens (including phenoxy) is 1. The van der Waals surface area contributed by atoms with Crippen LogP contribution >= 0.6 is 11.3 Å². The number of thiophene rings is 1. The van der Waals surface area contributed by atoms with Crippen LogP contribution in [-0.2, 0) is 11.2 Å². The third-order valence-electron chi connectivity index (χ3n) is 4.73. The summed E-state index contributed by atoms with van der Waals surface area (Å²) in [6.45, 7) is 3.38. The van der Waals surface area contributed by atoms with Crippen molar-refractivity contribution < 1.29 is 19.1 Å². The molecule has 1 aliphatic heterocycles. The monoisotopic (exact) mass is 386 g/mol. The highest BCUT2D eigenvalue weighted by Gasteiger charge is 2.47. The number of carbonyl (C=O) groups is 3. The normalized spacial score (nSPS) is 19.3. The molecule has 0 unspecified atom stereocenters. The number of hydrogen-bond acceptors (Lipinski definition) is 5. The number of nitrogens with zero attached hydrogens (tertiary/aromatic N) is 1. The summed E-state index contributed by atoms with van der Waals surface area (Å²) in [5.41, 5.74) is 0.0329. The number of Topliss-reactive ketones (excluding diaryl/α,β-unsaturated/α-hetero) is 1. The second-order valence-corrected chi connectivity index (χ2v) is 8.12. The minimum absolute atomic E-state index is 0.226. The van der Waals surface area contributed by atoms with Gasteiger partial charge in [-0.05, 0) is 56.5 Å². The highest BCUT2D eigenvalue weighted by molar-refractivity contribution is 7.14. The summed E-state index contributed by atoms with van der Waals surface area (Å²) in [6.07, 6.45) is 1.07. The quantitative estimate of drug-likeness (QED) is 0.586. The van der Waals surface area contributed by atoms with E-state index in [-0.39, 0.29) is 18.2 Å². The first-order valence-corrected chi connectivity index (χ1v) is 9.51. The Balaban J connectivity index is 1.65. The Morgan fingerprint density at radius 2 is 1.89 bits per heavy atom. The molecule has 1 aliphatic rings. The van der Waals surface area contributed by atoms with E-state index in [0.29, 0.717) is 17.7 Å². The number of aryl methyl sites for hydroxylation is 2. The lowest BCUT2D eigenvalue weighted by Gasteiger charge is -2.21. The van der Waals surface area contributed by atoms with Crippen molar-refractivity contribution in [3.63, 3.8) is 0 Å². The average Bonchev–Trinajstić information content (AvgIpc) is 3.18. The zero-order chi connectivity index (χ0) is 19.6. The van der Waals surface area contributed by atoms with E-state index in [2.05, 4.69) is 5.32 Å². The number of ketones is 1. The number of methoxy groups -OCH3 is 1. The van der Waals surface area contributed by atoms with Gasteiger partial charge in [-0.2, -0.15) is 0 Å². The van der Waals surface area contributed by atoms with Crippen LogP contribution in [0.3, 0.4) is 0 Å². The van der Waals surface area contributed by atoms with Crippen molar-refractivity contribution in [1.29, 1.82) is 0 Å². The summed E-state index contributed by atoms with van der Waals surface area (Å²) in [5.74, 6) is 0.183. The van der Waals surface area contributed by atoms with Gasteiger partial charge >= 0.3 is 6.03 Å². The third-order valence-corrected chi connectivity index (χ3v) is 5.78. The Bertz CT molecular complexity index is 874. The van der Waals surface area contributed by atoms with Crippen LogP contribution in [0.1, 0.15) is 33.5 Å². The minimum Gasteiger partial charge on any atom is -0.497 e. The molecule has 3 amide bonds. The van der Waals surface area contributed by atoms with Crippen molar-refractivity contribution >= 4 is 29.1 Å². The number of benzene rings is 1. The molecule has 0 bridgehead atoms. The zero-order valence-electron chi connectivity index (χ0n) is 15.6. The smallest absolute Gasteiger partial charge is 0.325 e. The third kappa shape index (κ3) is 4.03. The van der Waals surface area contributed by atoms with Gasteiger partial charge in [0.05, 0.1) is 18.5 Å². The molecule has 1 atom stereocenters. The van der Waals surface area contributed by atoms with Gasteiger partial charge in [0.25, 0.3) is 5.91 Å². The standard InChI is InChI=1S/C20H22N2O4S/c1-13-4-9-17(27-13)16(23)12-22-18(24)20(2,21-19(22)25)11-10-14-5-7-15(26-3)8-6-14/h4-9H,10-12H2,1-3H3,(H,21,25)/t20-/m0/s1. The number of amides is 3. The Kier molecular flexibility index (Phi) is 5.32. The molecular weight excluding hydrogens is 364 g/mol. The molecule has 6 nitrogen and oxygen atoms in total. The second-order valence-electron chi connectivity index (χ2n) is 6.84. The van der Waals surface area contributed by atoms with Crippen molar-refractivity contribution in [3.05, 3.63) is 51.7 Å². The van der Waals surface area contributed by atoms with Gasteiger partial charge in [0, 0.05) is 4.88 Å². The SMILES string of the molecule is COc1ccc(CC[C@]2(C)NC(=O)N(CC(=O)c3ccc(C)s3)C2=O)cc1. The van der Waals surface area contributed by atoms with Crippen molar-refractivity contribution in [2.45, 2.75) is 32.2 Å². The molecule has 2 aromatic rings. The molecule has 0 spiro atoms. The molecule has 2 heterocycles. The topological polar surface area (TPSA) is 75.7 Å². The van der Waals surface area contributed by atoms with Gasteiger partial charge in [-0.3, -0.25) is 14.5 Å². The maximum Gasteiger partial charge on any atom is 0.325 e. The fraction of sp³-hybridized carbons (Fsp3) is 0.350. The summed E-state index contributed by atoms with van der Waals surface area (Å²) >= 11 is 1.36. The molecule has 142 valence electrons. The van der Waals surface area contributed by atoms with E-state index in [0.717, 1.165) is 21.1 Å². The number of imide groups is 1. The van der Waals surface area contributed by atoms with Crippen LogP contribution in [0.5, 0.6) is 5.75 Å². The lowest BCUT2D eigenvalue weighted by atomic mass is 9.93. The van der Waals surface area contributed by atoms with Crippen molar-refractivity contribution in [2.24, 2.45) is 0 Å². The highest BCUT2D eigenvalue weighted by Crippen LogP contribution is 2.25. The molecule has 1 N–H and O–H groups in total. The first kappa shape index (κ1) is 19.1. The van der Waals surface area contributed by atoms with Gasteiger partial charge in [0.1, 0.15) is 11.3 Å². The van der Waals surface area contributed by atoms with Crippen molar-refractivity contribution in [2.75, 3.05) is 13.7 Å². The van der Waals surface area contributed by atoms with Crippen LogP contribution in [0.4, 0.5) is 4.79 Å². The van der Waals surface area contributed by atoms with Gasteiger partial charge in [-0.25, -0.2) is 4.79 Å². The van der Waals surface area contributed by atoms with Crippen LogP contribution in [-0.4, -0.2) is 41.8 Å². The molecular formula is C20H22N2O4S. The lowest BCUT2D eigenvalue weighted by Crippen LogP contribution is -2.44. The fourth-order valence-electron chi connectivity index (χ4n) is 3.05. The molecule has 1 saturated heterocycles. The fourth-order valence-corrected chi connectivity index (χ4v) is 3.85. The average molecular weight is 386 g/mol. The summed E-state index contributed by atoms with van der Waals surface area (Å²) in [4.78, 5) is 40.1. The molecule has 1 aromatic heterocycles. The molecule has 27 heavy (non-hydrogen) atoms. The van der Waals surface area contributed by atoms with Crippen LogP contribution in [0.15, 0.2) is 36.4 Å². The second kappa shape index (κ2) is 7.52. The number of nitrogens with one attached hydrogen (secondary N) is 1. The lowest BCUT2D eigenvalue weighted by molar-refractivity contribution is -0.130. The van der Waals surface area contributed by atoms with Gasteiger partial charge in [-0.1, -0.05) is 12.1 Å². The van der Waals surface area contributed by atoms with E-state index >= 15 is 0 Å². The van der Waals surface area contributed by atoms with Crippen molar-refractivity contribution in [3.8, 4) is 5.75 Å². The first-order chi connectivity index (χ1) is 12.8. The Morgan fingerprint density at radius 1 is 1.19 bits per heavy atom. The van der Waals surface area contributed by atoms with Crippen LogP contribution in [0.2, 0.25) is 0 Å². The van der Waals surface area contributed by atoms with Crippen LogP contribution in [0.25, 0.3) is 0 Å². The Morgan fingerprint density at radius 3 is 2.48 bits per heavy atom. The predicted molar refractivity (Wildman–Crippen MR) is 103 cm³/mol. The van der Waals surface area contributed by atoms with Crippen LogP contribution in [0, 0.1) is 6.92 Å². The molecule has 0 radical (unpaired) electrons. The molecule has 3 rings (SSSR count). The summed E-state index contributed by atoms with van der Waals surface area (Å²) in [5, 5.41) is 2.75. The highest BCUT2D eigenvalue weighted by atomic mass is 32.1. The molecule has 7 heteroatoms. The summed E-state index contributed by atoms with van der Waals surface area (Å²) in [7, 11) is 1.61. The summed E-state index contributed by atoms with van der Waals surface area (Å²) < 4.78 is 5.14. The Hall–Kier alpha value is -2.67. The molecule has 0 saturated carbocycles. The van der Waals surface area contributed by atoms with Gasteiger partial charge in [0.2, 0.25) is 0 Å². The molecule has 1 aromatic carbocycles. The number of rotatable bonds is 7. The van der Waals surface area contributed by atoms with E-state index in [4.69, 9.17) is 4.74 Å². The zero-order valence-corrected chi connectivity index (χ0v) is 16.4. The number of urea groups is 1. The number of hydrogen-bond donors (Lipinski definition) is 1. The van der Waals surface area contributed by atoms with Gasteiger partial charge in [0.15, 0.2) is 5.78 Å². The number of carbonyl (C=O) groups excluding carboxylic acids is 3. The Labute approximate surface area is 162 Å². The molecule has 1 fully saturated rings. The summed E-state index contributed by atoms with van der Waals surface area (Å²) in [6, 6.07) is 10.7. The maximum atomic E-state index is 12.8. The first-order valence-electron chi connectivity index (χ1n) is 8.69. The van der Waals surface area contributed by atoms with E-state index in [1.165, 1.54) is 11.3 Å². The van der Waals surface area contributed by atoms with E-state index in [1.54, 1.807) is 20.1 Å².